The van der Waals surface area contributed by atoms with Crippen molar-refractivity contribution in [3.8, 4) is 0 Å². The van der Waals surface area contributed by atoms with Crippen molar-refractivity contribution in [2.24, 2.45) is 0 Å². The highest BCUT2D eigenvalue weighted by molar-refractivity contribution is 6.00. The molecule has 5 rings (SSSR count). The molecule has 166 valence electrons. The van der Waals surface area contributed by atoms with E-state index in [-0.39, 0.29) is 24.7 Å². The number of likely N-dealkylation sites (tertiary alicyclic amines) is 1. The first-order valence-corrected chi connectivity index (χ1v) is 10.1. The average molecular weight is 431 g/mol. The quantitative estimate of drug-likeness (QED) is 0.632. The largest absolute Gasteiger partial charge is 0.483 e. The molecule has 2 aromatic rings. The Morgan fingerprint density at radius 3 is 2.71 bits per heavy atom. The summed E-state index contributed by atoms with van der Waals surface area (Å²) in [4.78, 5) is 37.7. The second kappa shape index (κ2) is 8.90. The number of hydrogen-bond acceptors (Lipinski definition) is 7. The number of benzene rings is 1. The van der Waals surface area contributed by atoms with E-state index in [0.717, 1.165) is 18.8 Å². The second-order valence-electron chi connectivity index (χ2n) is 7.70. The molecule has 2 fully saturated rings. The Kier molecular flexibility index (Phi) is 6.05. The van der Waals surface area contributed by atoms with Gasteiger partial charge in [0.05, 0.1) is 31.9 Å². The normalized spacial score (nSPS) is 22.6. The highest BCUT2D eigenvalue weighted by Crippen LogP contribution is 2.33. The van der Waals surface area contributed by atoms with Gasteiger partial charge in [-0.2, -0.15) is 5.10 Å². The van der Waals surface area contributed by atoms with Crippen molar-refractivity contribution >= 4 is 18.1 Å². The van der Waals surface area contributed by atoms with Gasteiger partial charge in [-0.05, 0) is 18.6 Å². The highest BCUT2D eigenvalue weighted by Gasteiger charge is 2.45. The van der Waals surface area contributed by atoms with E-state index in [1.165, 1.54) is 0 Å². The van der Waals surface area contributed by atoms with Crippen LogP contribution < -0.4 is 10.6 Å². The summed E-state index contributed by atoms with van der Waals surface area (Å²) in [5.74, 6) is 0.617. The number of H-pyrrole nitrogens is 1. The lowest BCUT2D eigenvalue weighted by molar-refractivity contribution is -0.122. The Morgan fingerprint density at radius 1 is 1.19 bits per heavy atom. The van der Waals surface area contributed by atoms with Crippen molar-refractivity contribution in [1.82, 2.24) is 19.7 Å². The summed E-state index contributed by atoms with van der Waals surface area (Å²) in [5, 5.41) is 13.3. The van der Waals surface area contributed by atoms with Gasteiger partial charge >= 0.3 is 5.69 Å². The van der Waals surface area contributed by atoms with Crippen LogP contribution in [-0.2, 0) is 27.4 Å². The van der Waals surface area contributed by atoms with E-state index in [1.54, 1.807) is 4.57 Å². The molecule has 4 heterocycles. The summed E-state index contributed by atoms with van der Waals surface area (Å²) in [6, 6.07) is 7.75. The number of aromatic nitrogens is 3. The standard InChI is InChI=1S/C19H23N5O4.CH2O2/c25-17(14-3-1-2-4-15(14)22-7-9-27-10-8-22)23-6-5-19(12-23)13-24-16(11-28-19)20-21-18(24)26;2-1-3/h1-4H,5-13H2,(H,21,26);1H,(H,2,3). The maximum atomic E-state index is 13.3. The van der Waals surface area contributed by atoms with Gasteiger partial charge in [0, 0.05) is 25.3 Å². The number of aromatic amines is 1. The molecule has 1 spiro atoms. The van der Waals surface area contributed by atoms with E-state index in [0.29, 0.717) is 50.7 Å². The van der Waals surface area contributed by atoms with Crippen LogP contribution in [0.4, 0.5) is 5.69 Å². The van der Waals surface area contributed by atoms with Gasteiger partial charge in [-0.15, -0.1) is 0 Å². The smallest absolute Gasteiger partial charge is 0.343 e. The molecule has 11 heteroatoms. The highest BCUT2D eigenvalue weighted by atomic mass is 16.5. The fraction of sp³-hybridized carbons (Fsp3) is 0.500. The molecule has 3 aliphatic rings. The van der Waals surface area contributed by atoms with E-state index in [1.807, 2.05) is 29.2 Å². The number of carboxylic acid groups (broad SMARTS) is 1. The summed E-state index contributed by atoms with van der Waals surface area (Å²) in [6.45, 7) is 4.44. The van der Waals surface area contributed by atoms with Crippen LogP contribution in [0.2, 0.25) is 0 Å². The first kappa shape index (κ1) is 21.1. The number of para-hydroxylation sites is 1. The van der Waals surface area contributed by atoms with E-state index in [9.17, 15) is 9.59 Å². The topological polar surface area (TPSA) is 130 Å². The maximum Gasteiger partial charge on any atom is 0.343 e. The van der Waals surface area contributed by atoms with E-state index in [4.69, 9.17) is 19.4 Å². The van der Waals surface area contributed by atoms with Crippen LogP contribution in [0.1, 0.15) is 22.6 Å². The van der Waals surface area contributed by atoms with Crippen molar-refractivity contribution in [2.45, 2.75) is 25.2 Å². The Labute approximate surface area is 178 Å². The predicted molar refractivity (Wildman–Crippen MR) is 109 cm³/mol. The summed E-state index contributed by atoms with van der Waals surface area (Å²) < 4.78 is 13.1. The van der Waals surface area contributed by atoms with Crippen LogP contribution in [0.3, 0.4) is 0 Å². The molecule has 1 aromatic heterocycles. The molecule has 11 nitrogen and oxygen atoms in total. The lowest BCUT2D eigenvalue weighted by atomic mass is 10.0. The molecule has 2 saturated heterocycles. The molecule has 31 heavy (non-hydrogen) atoms. The molecule has 1 atom stereocenters. The third-order valence-electron chi connectivity index (χ3n) is 5.88. The monoisotopic (exact) mass is 431 g/mol. The molecule has 0 radical (unpaired) electrons. The zero-order valence-electron chi connectivity index (χ0n) is 17.0. The fourth-order valence-corrected chi connectivity index (χ4v) is 4.34. The Balaban J connectivity index is 0.000000730. The number of amides is 1. The molecule has 1 amide bonds. The second-order valence-corrected chi connectivity index (χ2v) is 7.70. The van der Waals surface area contributed by atoms with Gasteiger partial charge < -0.3 is 24.4 Å². The van der Waals surface area contributed by atoms with Gasteiger partial charge in [-0.25, -0.2) is 9.89 Å². The van der Waals surface area contributed by atoms with E-state index >= 15 is 0 Å². The number of anilines is 1. The van der Waals surface area contributed by atoms with Crippen LogP contribution in [0.5, 0.6) is 0 Å². The summed E-state index contributed by atoms with van der Waals surface area (Å²) in [5.41, 5.74) is 0.915. The first-order valence-electron chi connectivity index (χ1n) is 10.1. The number of nitrogens with zero attached hydrogens (tertiary/aromatic N) is 4. The lowest BCUT2D eigenvalue weighted by Gasteiger charge is -2.34. The zero-order valence-corrected chi connectivity index (χ0v) is 17.0. The molecule has 2 N–H and O–H groups in total. The number of carbonyl (C=O) groups excluding carboxylic acids is 1. The minimum Gasteiger partial charge on any atom is -0.483 e. The lowest BCUT2D eigenvalue weighted by Crippen LogP contribution is -2.47. The Morgan fingerprint density at radius 2 is 1.94 bits per heavy atom. The van der Waals surface area contributed by atoms with E-state index in [2.05, 4.69) is 15.1 Å². The Hall–Kier alpha value is -3.18. The fourth-order valence-electron chi connectivity index (χ4n) is 4.34. The van der Waals surface area contributed by atoms with Crippen LogP contribution in [-0.4, -0.2) is 82.1 Å². The number of morpholine rings is 1. The van der Waals surface area contributed by atoms with Gasteiger partial charge in [0.2, 0.25) is 0 Å². The number of carbonyl (C=O) groups is 2. The van der Waals surface area contributed by atoms with E-state index < -0.39 is 5.60 Å². The molecule has 1 aromatic carbocycles. The van der Waals surface area contributed by atoms with Crippen molar-refractivity contribution in [1.29, 1.82) is 0 Å². The summed E-state index contributed by atoms with van der Waals surface area (Å²) in [7, 11) is 0. The number of hydrogen-bond donors (Lipinski definition) is 2. The minimum atomic E-state index is -0.524. The van der Waals surface area contributed by atoms with Gasteiger partial charge in [0.15, 0.2) is 5.82 Å². The van der Waals surface area contributed by atoms with Gasteiger partial charge in [0.25, 0.3) is 12.4 Å². The van der Waals surface area contributed by atoms with Gasteiger partial charge in [-0.3, -0.25) is 14.2 Å². The third-order valence-corrected chi connectivity index (χ3v) is 5.88. The van der Waals surface area contributed by atoms with Crippen LogP contribution >= 0.6 is 0 Å². The first-order chi connectivity index (χ1) is 15.1. The molecular formula is C20H25N5O6. The van der Waals surface area contributed by atoms with Crippen molar-refractivity contribution in [3.63, 3.8) is 0 Å². The molecule has 3 aliphatic heterocycles. The van der Waals surface area contributed by atoms with Crippen molar-refractivity contribution in [2.75, 3.05) is 44.3 Å². The van der Waals surface area contributed by atoms with Crippen LogP contribution in [0.15, 0.2) is 29.1 Å². The zero-order chi connectivity index (χ0) is 21.8. The molecule has 0 aliphatic carbocycles. The summed E-state index contributed by atoms with van der Waals surface area (Å²) in [6.07, 6.45) is 0.704. The number of ether oxygens (including phenoxy) is 2. The SMILES string of the molecule is O=C(c1ccccc1N1CCOCC1)N1CCC2(C1)Cn1c(n[nH]c1=O)CO2.O=CO. The number of nitrogens with one attached hydrogen (secondary N) is 1. The molecule has 0 saturated carbocycles. The van der Waals surface area contributed by atoms with Crippen LogP contribution in [0, 0.1) is 0 Å². The maximum absolute atomic E-state index is 13.3. The molecule has 1 unspecified atom stereocenters. The molecular weight excluding hydrogens is 406 g/mol. The minimum absolute atomic E-state index is 0.00732. The number of fused-ring (bicyclic) bond motifs is 1. The van der Waals surface area contributed by atoms with Gasteiger partial charge in [-0.1, -0.05) is 12.1 Å². The number of rotatable bonds is 2. The van der Waals surface area contributed by atoms with Crippen molar-refractivity contribution in [3.05, 3.63) is 46.1 Å². The van der Waals surface area contributed by atoms with Crippen LogP contribution in [0.25, 0.3) is 0 Å². The van der Waals surface area contributed by atoms with Crippen molar-refractivity contribution < 1.29 is 24.2 Å². The predicted octanol–water partition coefficient (Wildman–Crippen LogP) is -0.0761. The van der Waals surface area contributed by atoms with Gasteiger partial charge in [0.1, 0.15) is 12.2 Å². The third kappa shape index (κ3) is 4.19. The average Bonchev–Trinajstić information content (AvgIpc) is 3.38. The Bertz CT molecular complexity index is 998. The molecule has 0 bridgehead atoms. The summed E-state index contributed by atoms with van der Waals surface area (Å²) >= 11 is 0.